The van der Waals surface area contributed by atoms with E-state index < -0.39 is 0 Å². The SMILES string of the molecule is Clc1cc2c(oc3c(Cl)c(Br)c(Cl)c(Br)c32)c(Br)c1Br. The summed E-state index contributed by atoms with van der Waals surface area (Å²) >= 11 is 32.5. The van der Waals surface area contributed by atoms with Gasteiger partial charge in [-0.15, -0.1) is 0 Å². The molecule has 0 fully saturated rings. The van der Waals surface area contributed by atoms with Crippen LogP contribution >= 0.6 is 98.5 Å². The Kier molecular flexibility index (Phi) is 4.44. The molecule has 3 rings (SSSR count). The molecule has 20 heavy (non-hydrogen) atoms. The van der Waals surface area contributed by atoms with E-state index >= 15 is 0 Å². The van der Waals surface area contributed by atoms with E-state index in [-0.39, 0.29) is 0 Å². The number of hydrogen-bond donors (Lipinski definition) is 0. The summed E-state index contributed by atoms with van der Waals surface area (Å²) in [6.07, 6.45) is 0. The largest absolute Gasteiger partial charge is 0.453 e. The number of hydrogen-bond acceptors (Lipinski definition) is 1. The molecule has 1 heterocycles. The highest BCUT2D eigenvalue weighted by atomic mass is 79.9. The molecule has 0 aliphatic heterocycles. The number of rotatable bonds is 0. The van der Waals surface area contributed by atoms with Crippen molar-refractivity contribution in [3.05, 3.63) is 39.0 Å². The molecule has 0 saturated heterocycles. The van der Waals surface area contributed by atoms with Crippen molar-refractivity contribution < 1.29 is 4.42 Å². The van der Waals surface area contributed by atoms with Gasteiger partial charge in [0.15, 0.2) is 11.2 Å². The van der Waals surface area contributed by atoms with E-state index in [4.69, 9.17) is 39.2 Å². The molecule has 1 aromatic heterocycles. The quantitative estimate of drug-likeness (QED) is 0.190. The van der Waals surface area contributed by atoms with E-state index in [1.54, 1.807) is 0 Å². The van der Waals surface area contributed by atoms with Gasteiger partial charge in [0.05, 0.1) is 28.5 Å². The first-order valence-corrected chi connectivity index (χ1v) is 9.36. The second-order valence-corrected chi connectivity index (χ2v) is 8.26. The summed E-state index contributed by atoms with van der Waals surface area (Å²) in [5.41, 5.74) is 1.19. The van der Waals surface area contributed by atoms with Crippen molar-refractivity contribution in [1.82, 2.24) is 0 Å². The Morgan fingerprint density at radius 2 is 1.40 bits per heavy atom. The maximum atomic E-state index is 6.30. The molecule has 104 valence electrons. The molecule has 2 aromatic carbocycles. The minimum absolute atomic E-state index is 0.420. The molecule has 0 N–H and O–H groups in total. The minimum atomic E-state index is 0.420. The van der Waals surface area contributed by atoms with Crippen LogP contribution in [0.15, 0.2) is 28.4 Å². The van der Waals surface area contributed by atoms with Crippen LogP contribution in [0.25, 0.3) is 21.9 Å². The molecular formula is C12HBr4Cl3O. The zero-order valence-corrected chi connectivity index (χ0v) is 17.7. The van der Waals surface area contributed by atoms with Crippen molar-refractivity contribution in [2.75, 3.05) is 0 Å². The van der Waals surface area contributed by atoms with Crippen LogP contribution in [0.4, 0.5) is 0 Å². The van der Waals surface area contributed by atoms with Crippen molar-refractivity contribution in [2.24, 2.45) is 0 Å². The lowest BCUT2D eigenvalue weighted by molar-refractivity contribution is 0.666. The van der Waals surface area contributed by atoms with Gasteiger partial charge in [0.1, 0.15) is 0 Å². The first kappa shape index (κ1) is 15.9. The van der Waals surface area contributed by atoms with Gasteiger partial charge in [-0.2, -0.15) is 0 Å². The standard InChI is InChI=1S/C12HBr4Cl3O/c13-5-3(17)1-2-4-6(14)9(18)8(16)10(19)12(4)20-11(2)7(5)15/h1H. The number of furan rings is 1. The summed E-state index contributed by atoms with van der Waals surface area (Å²) in [6, 6.07) is 1.81. The van der Waals surface area contributed by atoms with Gasteiger partial charge in [-0.05, 0) is 69.8 Å². The predicted molar refractivity (Wildman–Crippen MR) is 99.5 cm³/mol. The van der Waals surface area contributed by atoms with E-state index in [0.717, 1.165) is 19.7 Å². The first-order valence-electron chi connectivity index (χ1n) is 5.06. The van der Waals surface area contributed by atoms with E-state index in [2.05, 4.69) is 63.7 Å². The molecule has 0 spiro atoms. The van der Waals surface area contributed by atoms with Gasteiger partial charge in [0.2, 0.25) is 0 Å². The highest BCUT2D eigenvalue weighted by Crippen LogP contribution is 2.49. The Hall–Kier alpha value is 1.03. The first-order chi connectivity index (χ1) is 9.34. The van der Waals surface area contributed by atoms with Crippen LogP contribution in [0.2, 0.25) is 15.1 Å². The maximum Gasteiger partial charge on any atom is 0.156 e. The average molecular weight is 587 g/mol. The molecule has 0 aliphatic rings. The summed E-state index contributed by atoms with van der Waals surface area (Å²) in [4.78, 5) is 0. The Balaban J connectivity index is 2.67. The Labute approximate surface area is 162 Å². The summed E-state index contributed by atoms with van der Waals surface area (Å²) < 4.78 is 8.62. The van der Waals surface area contributed by atoms with Crippen LogP contribution in [-0.4, -0.2) is 0 Å². The van der Waals surface area contributed by atoms with Crippen molar-refractivity contribution in [1.29, 1.82) is 0 Å². The maximum absolute atomic E-state index is 6.30. The van der Waals surface area contributed by atoms with Crippen LogP contribution in [0, 0.1) is 0 Å². The van der Waals surface area contributed by atoms with E-state index in [1.165, 1.54) is 0 Å². The number of halogens is 7. The molecule has 0 amide bonds. The Bertz CT molecular complexity index is 888. The third kappa shape index (κ3) is 2.20. The summed E-state index contributed by atoms with van der Waals surface area (Å²) in [6.45, 7) is 0. The summed E-state index contributed by atoms with van der Waals surface area (Å²) in [5.74, 6) is 0. The smallest absolute Gasteiger partial charge is 0.156 e. The van der Waals surface area contributed by atoms with Gasteiger partial charge in [0, 0.05) is 15.2 Å². The topological polar surface area (TPSA) is 13.1 Å². The molecule has 0 bridgehead atoms. The van der Waals surface area contributed by atoms with Crippen LogP contribution in [0.1, 0.15) is 0 Å². The van der Waals surface area contributed by atoms with Crippen LogP contribution in [-0.2, 0) is 0 Å². The fourth-order valence-corrected chi connectivity index (χ4v) is 4.74. The predicted octanol–water partition coefficient (Wildman–Crippen LogP) is 8.60. The molecule has 8 heteroatoms. The molecule has 3 aromatic rings. The van der Waals surface area contributed by atoms with E-state index in [1.807, 2.05) is 6.07 Å². The van der Waals surface area contributed by atoms with Crippen molar-refractivity contribution >= 4 is 120 Å². The van der Waals surface area contributed by atoms with Crippen molar-refractivity contribution in [3.8, 4) is 0 Å². The highest BCUT2D eigenvalue weighted by molar-refractivity contribution is 9.13. The zero-order chi connectivity index (χ0) is 14.8. The van der Waals surface area contributed by atoms with Crippen LogP contribution in [0.5, 0.6) is 0 Å². The second kappa shape index (κ2) is 5.59. The Morgan fingerprint density at radius 3 is 2.05 bits per heavy atom. The second-order valence-electron chi connectivity index (χ2n) is 3.93. The lowest BCUT2D eigenvalue weighted by Gasteiger charge is -2.04. The fraction of sp³-hybridized carbons (Fsp3) is 0. The van der Waals surface area contributed by atoms with Crippen molar-refractivity contribution in [3.63, 3.8) is 0 Å². The lowest BCUT2D eigenvalue weighted by atomic mass is 10.1. The van der Waals surface area contributed by atoms with Gasteiger partial charge >= 0.3 is 0 Å². The molecule has 0 atom stereocenters. The molecular weight excluding hydrogens is 586 g/mol. The van der Waals surface area contributed by atoms with Crippen LogP contribution < -0.4 is 0 Å². The Morgan fingerprint density at radius 1 is 0.750 bits per heavy atom. The molecule has 1 nitrogen and oxygen atoms in total. The van der Waals surface area contributed by atoms with Crippen LogP contribution in [0.3, 0.4) is 0 Å². The third-order valence-corrected chi connectivity index (χ3v) is 8.46. The van der Waals surface area contributed by atoms with Gasteiger partial charge in [-0.25, -0.2) is 0 Å². The molecule has 0 saturated carbocycles. The molecule has 0 aliphatic carbocycles. The average Bonchev–Trinajstić information content (AvgIpc) is 2.80. The number of fused-ring (bicyclic) bond motifs is 3. The molecule has 0 unspecified atom stereocenters. The highest BCUT2D eigenvalue weighted by Gasteiger charge is 2.22. The van der Waals surface area contributed by atoms with Gasteiger partial charge in [-0.1, -0.05) is 34.8 Å². The van der Waals surface area contributed by atoms with Gasteiger partial charge in [0.25, 0.3) is 0 Å². The third-order valence-electron chi connectivity index (χ3n) is 2.81. The molecule has 0 radical (unpaired) electrons. The summed E-state index contributed by atoms with van der Waals surface area (Å²) in [7, 11) is 0. The summed E-state index contributed by atoms with van der Waals surface area (Å²) in [5, 5.41) is 3.08. The monoisotopic (exact) mass is 582 g/mol. The fourth-order valence-electron chi connectivity index (χ4n) is 1.91. The zero-order valence-electron chi connectivity index (χ0n) is 9.13. The van der Waals surface area contributed by atoms with E-state index in [9.17, 15) is 0 Å². The van der Waals surface area contributed by atoms with Gasteiger partial charge in [-0.3, -0.25) is 0 Å². The van der Waals surface area contributed by atoms with E-state index in [0.29, 0.717) is 35.2 Å². The lowest BCUT2D eigenvalue weighted by Crippen LogP contribution is -1.79. The van der Waals surface area contributed by atoms with Crippen molar-refractivity contribution in [2.45, 2.75) is 0 Å². The normalized spacial score (nSPS) is 11.8. The minimum Gasteiger partial charge on any atom is -0.453 e. The number of benzene rings is 2. The van der Waals surface area contributed by atoms with Gasteiger partial charge < -0.3 is 4.42 Å².